The van der Waals surface area contributed by atoms with Crippen molar-refractivity contribution in [1.82, 2.24) is 14.9 Å². The Kier molecular flexibility index (Phi) is 9.98. The van der Waals surface area contributed by atoms with E-state index >= 15 is 0 Å². The van der Waals surface area contributed by atoms with Gasteiger partial charge in [0.25, 0.3) is 0 Å². The lowest BCUT2D eigenvalue weighted by molar-refractivity contribution is -0.119. The quantitative estimate of drug-likeness (QED) is 0.166. The lowest BCUT2D eigenvalue weighted by atomic mass is 10.1. The molecule has 39 heavy (non-hydrogen) atoms. The number of anilines is 1. The largest absolute Gasteiger partial charge is 0.492 e. The highest BCUT2D eigenvalue weighted by molar-refractivity contribution is 6.01. The summed E-state index contributed by atoms with van der Waals surface area (Å²) in [6, 6.07) is 8.10. The molecule has 0 saturated carbocycles. The SMILES string of the molecule is CNn1cc(OCCCN(C)C)c(C)c1C(=N)Oc1ccc(NC(=O)NC(=O)Cc2ccc(F)cc2)cc1F. The first-order valence-electron chi connectivity index (χ1n) is 12.2. The van der Waals surface area contributed by atoms with E-state index in [0.717, 1.165) is 19.0 Å². The van der Waals surface area contributed by atoms with Gasteiger partial charge in [-0.25, -0.2) is 13.6 Å². The molecule has 0 aliphatic carbocycles. The van der Waals surface area contributed by atoms with Gasteiger partial charge >= 0.3 is 6.03 Å². The Balaban J connectivity index is 1.60. The van der Waals surface area contributed by atoms with Gasteiger partial charge in [0.1, 0.15) is 17.3 Å². The summed E-state index contributed by atoms with van der Waals surface area (Å²) < 4.78 is 40.7. The maximum atomic E-state index is 14.8. The van der Waals surface area contributed by atoms with Gasteiger partial charge < -0.3 is 25.1 Å². The van der Waals surface area contributed by atoms with Crippen molar-refractivity contribution in [2.75, 3.05) is 45.0 Å². The number of nitrogens with one attached hydrogen (secondary N) is 4. The van der Waals surface area contributed by atoms with Crippen molar-refractivity contribution in [3.05, 3.63) is 77.1 Å². The average molecular weight is 543 g/mol. The van der Waals surface area contributed by atoms with E-state index in [-0.39, 0.29) is 23.8 Å². The van der Waals surface area contributed by atoms with Gasteiger partial charge in [0.15, 0.2) is 11.6 Å². The van der Waals surface area contributed by atoms with Crippen molar-refractivity contribution in [2.45, 2.75) is 19.8 Å². The Bertz CT molecular complexity index is 1320. The third-order valence-electron chi connectivity index (χ3n) is 5.61. The molecule has 0 spiro atoms. The maximum Gasteiger partial charge on any atom is 0.325 e. The number of halogens is 2. The predicted molar refractivity (Wildman–Crippen MR) is 144 cm³/mol. The van der Waals surface area contributed by atoms with Crippen LogP contribution in [0.1, 0.15) is 23.2 Å². The Morgan fingerprint density at radius 1 is 1.08 bits per heavy atom. The second-order valence-electron chi connectivity index (χ2n) is 8.95. The van der Waals surface area contributed by atoms with Crippen LogP contribution >= 0.6 is 0 Å². The number of amides is 3. The number of imide groups is 1. The zero-order valence-corrected chi connectivity index (χ0v) is 22.2. The Hall–Kier alpha value is -4.45. The van der Waals surface area contributed by atoms with Crippen molar-refractivity contribution in [3.63, 3.8) is 0 Å². The molecule has 1 aromatic heterocycles. The standard InChI is InChI=1S/C27H32F2N6O4/c1-17-23(38-13-5-12-34(3)4)16-35(31-2)25(17)26(30)39-22-11-10-20(15-21(22)29)32-27(37)33-24(36)14-18-6-8-19(28)9-7-18/h6-11,15-16,30-31H,5,12-14H2,1-4H3,(H2,32,33,36,37). The lowest BCUT2D eigenvalue weighted by Crippen LogP contribution is -2.35. The summed E-state index contributed by atoms with van der Waals surface area (Å²) in [5.74, 6) is -1.83. The zero-order valence-electron chi connectivity index (χ0n) is 22.2. The van der Waals surface area contributed by atoms with Crippen LogP contribution in [0.4, 0.5) is 19.3 Å². The van der Waals surface area contributed by atoms with Gasteiger partial charge in [-0.2, -0.15) is 0 Å². The number of hydrogen-bond donors (Lipinski definition) is 4. The molecule has 4 N–H and O–H groups in total. The van der Waals surface area contributed by atoms with Crippen LogP contribution in [0.25, 0.3) is 0 Å². The molecule has 3 rings (SSSR count). The van der Waals surface area contributed by atoms with Crippen LogP contribution in [-0.4, -0.2) is 61.7 Å². The fraction of sp³-hybridized carbons (Fsp3) is 0.296. The summed E-state index contributed by atoms with van der Waals surface area (Å²) in [5.41, 5.74) is 4.54. The van der Waals surface area contributed by atoms with E-state index in [9.17, 15) is 18.4 Å². The fourth-order valence-electron chi connectivity index (χ4n) is 3.68. The molecule has 12 heteroatoms. The third kappa shape index (κ3) is 8.27. The number of hydrogen-bond acceptors (Lipinski definition) is 7. The maximum absolute atomic E-state index is 14.8. The average Bonchev–Trinajstić information content (AvgIpc) is 3.19. The predicted octanol–water partition coefficient (Wildman–Crippen LogP) is 3.87. The molecule has 0 fully saturated rings. The summed E-state index contributed by atoms with van der Waals surface area (Å²) in [7, 11) is 5.63. The first-order chi connectivity index (χ1) is 18.6. The van der Waals surface area contributed by atoms with Crippen LogP contribution in [0.15, 0.2) is 48.7 Å². The number of aromatic nitrogens is 1. The number of rotatable bonds is 11. The van der Waals surface area contributed by atoms with E-state index in [0.29, 0.717) is 29.2 Å². The van der Waals surface area contributed by atoms with Crippen molar-refractivity contribution in [2.24, 2.45) is 0 Å². The molecule has 208 valence electrons. The molecule has 0 atom stereocenters. The van der Waals surface area contributed by atoms with Gasteiger partial charge in [-0.1, -0.05) is 12.1 Å². The number of urea groups is 1. The van der Waals surface area contributed by atoms with Gasteiger partial charge in [0.05, 0.1) is 19.2 Å². The minimum Gasteiger partial charge on any atom is -0.492 e. The summed E-state index contributed by atoms with van der Waals surface area (Å²) in [6.45, 7) is 3.15. The monoisotopic (exact) mass is 542 g/mol. The van der Waals surface area contributed by atoms with Crippen LogP contribution in [-0.2, 0) is 11.2 Å². The normalized spacial score (nSPS) is 10.7. The first kappa shape index (κ1) is 29.1. The summed E-state index contributed by atoms with van der Waals surface area (Å²) in [5, 5.41) is 12.9. The highest BCUT2D eigenvalue weighted by Gasteiger charge is 2.20. The number of nitrogens with zero attached hydrogens (tertiary/aromatic N) is 2. The molecule has 0 aliphatic rings. The van der Waals surface area contributed by atoms with Crippen LogP contribution in [0.5, 0.6) is 11.5 Å². The highest BCUT2D eigenvalue weighted by atomic mass is 19.1. The van der Waals surface area contributed by atoms with Crippen molar-refractivity contribution >= 4 is 23.5 Å². The molecule has 0 unspecified atom stereocenters. The summed E-state index contributed by atoms with van der Waals surface area (Å²) in [6.07, 6.45) is 2.39. The van der Waals surface area contributed by atoms with E-state index in [4.69, 9.17) is 14.9 Å². The number of carbonyl (C=O) groups excluding carboxylic acids is 2. The minimum absolute atomic E-state index is 0.0710. The summed E-state index contributed by atoms with van der Waals surface area (Å²) >= 11 is 0. The molecular weight excluding hydrogens is 510 g/mol. The van der Waals surface area contributed by atoms with Gasteiger partial charge in [0, 0.05) is 30.9 Å². The van der Waals surface area contributed by atoms with Gasteiger partial charge in [-0.05, 0) is 57.3 Å². The summed E-state index contributed by atoms with van der Waals surface area (Å²) in [4.78, 5) is 26.3. The second-order valence-corrected chi connectivity index (χ2v) is 8.95. The molecule has 0 radical (unpaired) electrons. The van der Waals surface area contributed by atoms with Crippen LogP contribution in [0, 0.1) is 24.0 Å². The van der Waals surface area contributed by atoms with Gasteiger partial charge in [0.2, 0.25) is 11.8 Å². The van der Waals surface area contributed by atoms with E-state index in [1.54, 1.807) is 24.8 Å². The van der Waals surface area contributed by atoms with E-state index in [1.807, 2.05) is 14.1 Å². The van der Waals surface area contributed by atoms with E-state index < -0.39 is 23.6 Å². The first-order valence-corrected chi connectivity index (χ1v) is 12.2. The Morgan fingerprint density at radius 2 is 1.79 bits per heavy atom. The Morgan fingerprint density at radius 3 is 2.44 bits per heavy atom. The molecule has 0 bridgehead atoms. The van der Waals surface area contributed by atoms with Crippen molar-refractivity contribution < 1.29 is 27.8 Å². The molecule has 0 aliphatic heterocycles. The second kappa shape index (κ2) is 13.4. The van der Waals surface area contributed by atoms with Crippen LogP contribution < -0.4 is 25.5 Å². The van der Waals surface area contributed by atoms with Crippen LogP contribution in [0.2, 0.25) is 0 Å². The third-order valence-corrected chi connectivity index (χ3v) is 5.61. The fourth-order valence-corrected chi connectivity index (χ4v) is 3.68. The topological polar surface area (TPSA) is 121 Å². The Labute approximate surface area is 225 Å². The number of carbonyl (C=O) groups is 2. The smallest absolute Gasteiger partial charge is 0.325 e. The molecule has 10 nitrogen and oxygen atoms in total. The molecule has 1 heterocycles. The van der Waals surface area contributed by atoms with Crippen molar-refractivity contribution in [1.29, 1.82) is 5.41 Å². The van der Waals surface area contributed by atoms with E-state index in [2.05, 4.69) is 21.0 Å². The molecule has 2 aromatic carbocycles. The molecule has 3 aromatic rings. The molecule has 3 amide bonds. The van der Waals surface area contributed by atoms with Gasteiger partial charge in [-0.3, -0.25) is 20.2 Å². The van der Waals surface area contributed by atoms with Gasteiger partial charge in [-0.15, -0.1) is 0 Å². The molecular formula is C27H32F2N6O4. The van der Waals surface area contributed by atoms with Crippen LogP contribution in [0.3, 0.4) is 0 Å². The number of benzene rings is 2. The highest BCUT2D eigenvalue weighted by Crippen LogP contribution is 2.27. The zero-order chi connectivity index (χ0) is 28.5. The lowest BCUT2D eigenvalue weighted by Gasteiger charge is -2.13. The number of ether oxygens (including phenoxy) is 2. The molecule has 0 saturated heterocycles. The minimum atomic E-state index is -0.858. The van der Waals surface area contributed by atoms with Crippen molar-refractivity contribution in [3.8, 4) is 11.5 Å². The van der Waals surface area contributed by atoms with E-state index in [1.165, 1.54) is 36.4 Å².